The number of aliphatic hydroxyl groups is 1. The Labute approximate surface area is 66.0 Å². The van der Waals surface area contributed by atoms with Crippen LogP contribution in [0.5, 0.6) is 0 Å². The molecule has 1 rings (SSSR count). The zero-order chi connectivity index (χ0) is 8.27. The fourth-order valence-electron chi connectivity index (χ4n) is 1.17. The summed E-state index contributed by atoms with van der Waals surface area (Å²) >= 11 is 0. The number of likely N-dealkylation sites (tertiary alicyclic amines) is 1. The first-order valence-electron chi connectivity index (χ1n) is 3.86. The number of nitrogens with zero attached hydrogens (tertiary/aromatic N) is 1. The Balaban J connectivity index is 2.16. The summed E-state index contributed by atoms with van der Waals surface area (Å²) in [7, 11) is 0. The molecule has 0 atom stereocenters. The van der Waals surface area contributed by atoms with Crippen LogP contribution in [0, 0.1) is 5.92 Å². The van der Waals surface area contributed by atoms with E-state index in [1.807, 2.05) is 0 Å². The number of amides is 1. The average Bonchev–Trinajstić information content (AvgIpc) is 1.86. The normalized spacial score (nSPS) is 18.2. The van der Waals surface area contributed by atoms with Crippen LogP contribution < -0.4 is 5.73 Å². The standard InChI is InChI=1S/C7H14N2O2/c8-2-1-7(11)9-3-6(4-9)5-10/h6,10H,1-5,8H2. The third-order valence-corrected chi connectivity index (χ3v) is 1.93. The van der Waals surface area contributed by atoms with E-state index in [1.54, 1.807) is 4.90 Å². The van der Waals surface area contributed by atoms with Gasteiger partial charge >= 0.3 is 0 Å². The van der Waals surface area contributed by atoms with Crippen molar-refractivity contribution in [2.75, 3.05) is 26.2 Å². The van der Waals surface area contributed by atoms with Gasteiger partial charge in [0.2, 0.25) is 5.91 Å². The van der Waals surface area contributed by atoms with E-state index in [0.717, 1.165) is 0 Å². The van der Waals surface area contributed by atoms with Crippen LogP contribution in [0.1, 0.15) is 6.42 Å². The van der Waals surface area contributed by atoms with Crippen molar-refractivity contribution in [3.05, 3.63) is 0 Å². The Hall–Kier alpha value is -0.610. The van der Waals surface area contributed by atoms with Crippen LogP contribution in [-0.4, -0.2) is 42.2 Å². The lowest BCUT2D eigenvalue weighted by atomic mass is 10.0. The molecule has 3 N–H and O–H groups in total. The molecule has 1 aliphatic heterocycles. The van der Waals surface area contributed by atoms with E-state index in [4.69, 9.17) is 10.8 Å². The van der Waals surface area contributed by atoms with Crippen molar-refractivity contribution in [2.45, 2.75) is 6.42 Å². The topological polar surface area (TPSA) is 66.6 Å². The second kappa shape index (κ2) is 3.69. The van der Waals surface area contributed by atoms with Gasteiger partial charge in [-0.1, -0.05) is 0 Å². The predicted octanol–water partition coefficient (Wildman–Crippen LogP) is -1.21. The molecule has 1 amide bonds. The first-order chi connectivity index (χ1) is 5.27. The molecule has 1 heterocycles. The number of hydrogen-bond acceptors (Lipinski definition) is 3. The smallest absolute Gasteiger partial charge is 0.223 e. The monoisotopic (exact) mass is 158 g/mol. The number of rotatable bonds is 3. The van der Waals surface area contributed by atoms with Crippen molar-refractivity contribution in [3.63, 3.8) is 0 Å². The van der Waals surface area contributed by atoms with Crippen LogP contribution in [0.15, 0.2) is 0 Å². The molecule has 64 valence electrons. The van der Waals surface area contributed by atoms with Gasteiger partial charge in [0.15, 0.2) is 0 Å². The molecule has 1 saturated heterocycles. The molecular formula is C7H14N2O2. The van der Waals surface area contributed by atoms with Gasteiger partial charge in [-0.3, -0.25) is 4.79 Å². The first-order valence-corrected chi connectivity index (χ1v) is 3.86. The Morgan fingerprint density at radius 1 is 1.64 bits per heavy atom. The van der Waals surface area contributed by atoms with Crippen LogP contribution >= 0.6 is 0 Å². The molecule has 0 aromatic rings. The summed E-state index contributed by atoms with van der Waals surface area (Å²) in [6.07, 6.45) is 0.429. The summed E-state index contributed by atoms with van der Waals surface area (Å²) in [4.78, 5) is 12.8. The van der Waals surface area contributed by atoms with Crippen molar-refractivity contribution in [1.82, 2.24) is 4.90 Å². The van der Waals surface area contributed by atoms with Gasteiger partial charge in [0.1, 0.15) is 0 Å². The van der Waals surface area contributed by atoms with Crippen molar-refractivity contribution < 1.29 is 9.90 Å². The van der Waals surface area contributed by atoms with E-state index in [1.165, 1.54) is 0 Å². The first kappa shape index (κ1) is 8.49. The highest BCUT2D eigenvalue weighted by molar-refractivity contribution is 5.77. The summed E-state index contributed by atoms with van der Waals surface area (Å²) in [5.74, 6) is 0.411. The largest absolute Gasteiger partial charge is 0.396 e. The van der Waals surface area contributed by atoms with Gasteiger partial charge in [-0.05, 0) is 0 Å². The third kappa shape index (κ3) is 1.91. The molecule has 0 saturated carbocycles. The molecule has 0 bridgehead atoms. The molecule has 4 nitrogen and oxygen atoms in total. The van der Waals surface area contributed by atoms with E-state index in [-0.39, 0.29) is 12.5 Å². The summed E-state index contributed by atoms with van der Waals surface area (Å²) in [6.45, 7) is 2.01. The van der Waals surface area contributed by atoms with E-state index in [0.29, 0.717) is 32.0 Å². The fraction of sp³-hybridized carbons (Fsp3) is 0.857. The Bertz CT molecular complexity index is 143. The summed E-state index contributed by atoms with van der Waals surface area (Å²) < 4.78 is 0. The maximum absolute atomic E-state index is 11.1. The highest BCUT2D eigenvalue weighted by atomic mass is 16.3. The summed E-state index contributed by atoms with van der Waals surface area (Å²) in [6, 6.07) is 0. The van der Waals surface area contributed by atoms with Crippen LogP contribution in [0.2, 0.25) is 0 Å². The van der Waals surface area contributed by atoms with Crippen molar-refractivity contribution in [3.8, 4) is 0 Å². The quantitative estimate of drug-likeness (QED) is 0.541. The molecule has 0 aliphatic carbocycles. The second-order valence-electron chi connectivity index (χ2n) is 2.89. The Morgan fingerprint density at radius 3 is 2.73 bits per heavy atom. The van der Waals surface area contributed by atoms with E-state index >= 15 is 0 Å². The number of hydrogen-bond donors (Lipinski definition) is 2. The zero-order valence-corrected chi connectivity index (χ0v) is 6.49. The van der Waals surface area contributed by atoms with Gasteiger partial charge in [0.25, 0.3) is 0 Å². The molecule has 0 aromatic carbocycles. The molecule has 0 spiro atoms. The number of aliphatic hydroxyl groups excluding tert-OH is 1. The third-order valence-electron chi connectivity index (χ3n) is 1.93. The lowest BCUT2D eigenvalue weighted by Crippen LogP contribution is -2.51. The van der Waals surface area contributed by atoms with E-state index in [2.05, 4.69) is 0 Å². The molecule has 0 aromatic heterocycles. The SMILES string of the molecule is NCCC(=O)N1CC(CO)C1. The maximum atomic E-state index is 11.1. The van der Waals surface area contributed by atoms with Gasteiger partial charge in [0.05, 0.1) is 0 Å². The van der Waals surface area contributed by atoms with Crippen LogP contribution in [-0.2, 0) is 4.79 Å². The Kier molecular flexibility index (Phi) is 2.84. The molecule has 0 radical (unpaired) electrons. The van der Waals surface area contributed by atoms with Crippen LogP contribution in [0.3, 0.4) is 0 Å². The molecular weight excluding hydrogens is 144 g/mol. The highest BCUT2D eigenvalue weighted by Gasteiger charge is 2.28. The van der Waals surface area contributed by atoms with Crippen LogP contribution in [0.25, 0.3) is 0 Å². The minimum atomic E-state index is 0.109. The van der Waals surface area contributed by atoms with Gasteiger partial charge in [-0.25, -0.2) is 0 Å². The number of nitrogens with two attached hydrogens (primary N) is 1. The average molecular weight is 158 g/mol. The molecule has 1 aliphatic rings. The van der Waals surface area contributed by atoms with Crippen molar-refractivity contribution in [2.24, 2.45) is 11.7 Å². The highest BCUT2D eigenvalue weighted by Crippen LogP contribution is 2.14. The van der Waals surface area contributed by atoms with Gasteiger partial charge in [-0.2, -0.15) is 0 Å². The summed E-state index contributed by atoms with van der Waals surface area (Å²) in [5, 5.41) is 8.65. The lowest BCUT2D eigenvalue weighted by molar-refractivity contribution is -0.138. The molecule has 1 fully saturated rings. The van der Waals surface area contributed by atoms with E-state index < -0.39 is 0 Å². The lowest BCUT2D eigenvalue weighted by Gasteiger charge is -2.38. The molecule has 4 heteroatoms. The number of carbonyl (C=O) groups excluding carboxylic acids is 1. The minimum absolute atomic E-state index is 0.109. The van der Waals surface area contributed by atoms with Crippen molar-refractivity contribution >= 4 is 5.91 Å². The van der Waals surface area contributed by atoms with E-state index in [9.17, 15) is 4.79 Å². The Morgan fingerprint density at radius 2 is 2.27 bits per heavy atom. The maximum Gasteiger partial charge on any atom is 0.223 e. The molecule has 0 unspecified atom stereocenters. The zero-order valence-electron chi connectivity index (χ0n) is 6.49. The summed E-state index contributed by atoms with van der Waals surface area (Å²) in [5.41, 5.74) is 5.22. The fourth-order valence-corrected chi connectivity index (χ4v) is 1.17. The second-order valence-corrected chi connectivity index (χ2v) is 2.89. The predicted molar refractivity (Wildman–Crippen MR) is 40.8 cm³/mol. The molecule has 11 heavy (non-hydrogen) atoms. The van der Waals surface area contributed by atoms with Crippen molar-refractivity contribution in [1.29, 1.82) is 0 Å². The van der Waals surface area contributed by atoms with Gasteiger partial charge in [0, 0.05) is 38.6 Å². The van der Waals surface area contributed by atoms with Gasteiger partial charge < -0.3 is 15.7 Å². The van der Waals surface area contributed by atoms with Crippen LogP contribution in [0.4, 0.5) is 0 Å². The minimum Gasteiger partial charge on any atom is -0.396 e. The van der Waals surface area contributed by atoms with Gasteiger partial charge in [-0.15, -0.1) is 0 Å². The number of carbonyl (C=O) groups is 1.